The zero-order chi connectivity index (χ0) is 32.8. The van der Waals surface area contributed by atoms with Crippen molar-refractivity contribution in [3.8, 4) is 0 Å². The lowest BCUT2D eigenvalue weighted by atomic mass is 10.1. The summed E-state index contributed by atoms with van der Waals surface area (Å²) in [6.45, 7) is 25.8. The largest absolute Gasteiger partial charge is 0.293 e. The third kappa shape index (κ3) is 41.3. The molecule has 0 spiro atoms. The molecular weight excluding hydrogens is 512 g/mol. The van der Waals surface area contributed by atoms with Gasteiger partial charge in [-0.15, -0.1) is 5.11 Å². The molecule has 0 aliphatic heterocycles. The molecule has 0 rings (SSSR count). The maximum atomic E-state index is 4.07. The highest BCUT2D eigenvalue weighted by atomic mass is 15.1. The van der Waals surface area contributed by atoms with Gasteiger partial charge in [-0.25, -0.2) is 4.99 Å². The van der Waals surface area contributed by atoms with Crippen LogP contribution < -0.4 is 0 Å². The number of allylic oxidation sites excluding steroid dienone is 4. The summed E-state index contributed by atoms with van der Waals surface area (Å²) in [4.78, 5) is 23.6. The van der Waals surface area contributed by atoms with Crippen molar-refractivity contribution in [2.24, 2.45) is 50.4 Å². The average molecular weight is 577 g/mol. The van der Waals surface area contributed by atoms with E-state index in [1.165, 1.54) is 16.7 Å². The average Bonchev–Trinajstić information content (AvgIpc) is 2.92. The maximum absolute atomic E-state index is 4.07. The van der Waals surface area contributed by atoms with Gasteiger partial charge in [-0.3, -0.25) is 25.0 Å². The number of hydrogen-bond donors (Lipinski definition) is 0. The first-order chi connectivity index (χ1) is 18.5. The number of hydrogen-bond acceptors (Lipinski definition) is 8. The van der Waals surface area contributed by atoms with E-state index < -0.39 is 0 Å². The number of nitrogens with zero attached hydrogens (tertiary/aromatic N) is 10. The summed E-state index contributed by atoms with van der Waals surface area (Å²) >= 11 is 0. The minimum absolute atomic E-state index is 0. The topological polar surface area (TPSA) is 124 Å². The Morgan fingerprint density at radius 1 is 0.390 bits per heavy atom. The monoisotopic (exact) mass is 577 g/mol. The van der Waals surface area contributed by atoms with E-state index in [1.54, 1.807) is 49.2 Å². The van der Waals surface area contributed by atoms with Crippen molar-refractivity contribution in [2.75, 3.05) is 49.3 Å². The molecule has 0 aliphatic rings. The third-order valence-electron chi connectivity index (χ3n) is 5.07. The summed E-state index contributed by atoms with van der Waals surface area (Å²) in [7, 11) is 12.1. The van der Waals surface area contributed by atoms with E-state index in [-0.39, 0.29) is 7.43 Å². The second-order valence-electron chi connectivity index (χ2n) is 8.84. The van der Waals surface area contributed by atoms with Gasteiger partial charge < -0.3 is 0 Å². The lowest BCUT2D eigenvalue weighted by molar-refractivity contribution is 1.05. The molecule has 41 heavy (non-hydrogen) atoms. The van der Waals surface area contributed by atoms with Crippen molar-refractivity contribution >= 4 is 34.5 Å². The predicted molar refractivity (Wildman–Crippen MR) is 190 cm³/mol. The maximum Gasteiger partial charge on any atom is 0.142 e. The van der Waals surface area contributed by atoms with Gasteiger partial charge in [0.05, 0.1) is 17.1 Å². The van der Waals surface area contributed by atoms with Crippen LogP contribution in [-0.2, 0) is 0 Å². The van der Waals surface area contributed by atoms with E-state index in [1.807, 2.05) is 69.4 Å². The van der Waals surface area contributed by atoms with Crippen LogP contribution in [0.25, 0.3) is 0 Å². The fourth-order valence-electron chi connectivity index (χ4n) is 1.67. The molecule has 0 fully saturated rings. The Balaban J connectivity index is -0.0000000930. The van der Waals surface area contributed by atoms with Gasteiger partial charge in [0, 0.05) is 60.8 Å². The molecule has 0 heterocycles. The standard InChI is InChI=1S/C8H15N.3C6H12N2.C4H9N3.CH4/c1-6(2)7(3)8(4)9-5;1-5(7-3)6(2)8-4;1-5(2)8-6(3)7-4;1-5(2)6(3)8-7-4;1-4(5-2)7-6-3;/h1-5H3;3*1-4H3;1-3H3;1H4. The summed E-state index contributed by atoms with van der Waals surface area (Å²) in [6.07, 6.45) is 0. The zero-order valence-corrected chi connectivity index (χ0v) is 29.5. The summed E-state index contributed by atoms with van der Waals surface area (Å²) in [5, 5.41) is 14.6. The highest BCUT2D eigenvalue weighted by Crippen LogP contribution is 2.03. The molecule has 238 valence electrons. The first kappa shape index (κ1) is 50.5. The Morgan fingerprint density at radius 3 is 0.878 bits per heavy atom. The number of rotatable bonds is 3. The second-order valence-corrected chi connectivity index (χ2v) is 8.84. The minimum atomic E-state index is 0. The summed E-state index contributed by atoms with van der Waals surface area (Å²) < 4.78 is 0. The molecule has 0 aromatic rings. The summed E-state index contributed by atoms with van der Waals surface area (Å²) in [6, 6.07) is 0. The number of amidine groups is 2. The Kier molecular flexibility index (Phi) is 42.8. The van der Waals surface area contributed by atoms with Crippen molar-refractivity contribution < 1.29 is 0 Å². The summed E-state index contributed by atoms with van der Waals surface area (Å²) in [5.41, 5.74) is 9.07. The minimum Gasteiger partial charge on any atom is -0.293 e. The molecule has 0 aromatic heterocycles. The smallest absolute Gasteiger partial charge is 0.142 e. The lowest BCUT2D eigenvalue weighted by Crippen LogP contribution is -2.03. The van der Waals surface area contributed by atoms with Crippen LogP contribution in [0.1, 0.15) is 97.4 Å². The van der Waals surface area contributed by atoms with Crippen LogP contribution >= 0.6 is 0 Å². The van der Waals surface area contributed by atoms with Crippen molar-refractivity contribution in [1.29, 1.82) is 0 Å². The van der Waals surface area contributed by atoms with E-state index in [9.17, 15) is 0 Å². The number of aliphatic imine (C=N–C) groups is 6. The van der Waals surface area contributed by atoms with Crippen LogP contribution in [0.5, 0.6) is 0 Å². The highest BCUT2D eigenvalue weighted by Gasteiger charge is 1.93. The first-order valence-corrected chi connectivity index (χ1v) is 13.0. The quantitative estimate of drug-likeness (QED) is 0.180. The van der Waals surface area contributed by atoms with Gasteiger partial charge in [0.15, 0.2) is 0 Å². The van der Waals surface area contributed by atoms with E-state index >= 15 is 0 Å². The van der Waals surface area contributed by atoms with E-state index in [0.717, 1.165) is 34.4 Å². The SMILES string of the molecule is C.CN=C(C)C(C)=C(C)C.CN=C(C)C(C)=NC.CN=C(C)N=C(C)C.CN=NC(C)=C(C)C.CN=NC(C)=NC. The fourth-order valence-corrected chi connectivity index (χ4v) is 1.67. The van der Waals surface area contributed by atoms with Gasteiger partial charge in [-0.1, -0.05) is 18.6 Å². The molecule has 0 aromatic carbocycles. The second kappa shape index (κ2) is 34.7. The molecule has 0 saturated heterocycles. The van der Waals surface area contributed by atoms with Crippen molar-refractivity contribution in [2.45, 2.75) is 97.4 Å². The molecule has 0 N–H and O–H groups in total. The highest BCUT2D eigenvalue weighted by molar-refractivity contribution is 6.40. The molecule has 0 atom stereocenters. The Morgan fingerprint density at radius 2 is 0.756 bits per heavy atom. The van der Waals surface area contributed by atoms with E-state index in [0.29, 0.717) is 5.84 Å². The molecule has 0 amide bonds. The molecule has 0 aliphatic carbocycles. The normalized spacial score (nSPS) is 11.8. The van der Waals surface area contributed by atoms with Crippen molar-refractivity contribution in [3.05, 3.63) is 22.4 Å². The molecule has 0 saturated carbocycles. The van der Waals surface area contributed by atoms with Crippen LogP contribution in [-0.4, -0.2) is 83.9 Å². The van der Waals surface area contributed by atoms with E-state index in [4.69, 9.17) is 0 Å². The predicted octanol–water partition coefficient (Wildman–Crippen LogP) is 9.25. The van der Waals surface area contributed by atoms with Gasteiger partial charge in [0.1, 0.15) is 11.7 Å². The molecule has 0 unspecified atom stereocenters. The van der Waals surface area contributed by atoms with Gasteiger partial charge in [0.25, 0.3) is 0 Å². The summed E-state index contributed by atoms with van der Waals surface area (Å²) in [5.74, 6) is 1.55. The first-order valence-electron chi connectivity index (χ1n) is 13.0. The number of azo groups is 2. The molecule has 0 bridgehead atoms. The van der Waals surface area contributed by atoms with Gasteiger partial charge in [0.2, 0.25) is 0 Å². The molecular formula is C31H64N10. The third-order valence-corrected chi connectivity index (χ3v) is 5.07. The molecule has 0 radical (unpaired) electrons. The van der Waals surface area contributed by atoms with Gasteiger partial charge >= 0.3 is 0 Å². The van der Waals surface area contributed by atoms with E-state index in [2.05, 4.69) is 71.2 Å². The van der Waals surface area contributed by atoms with Crippen molar-refractivity contribution in [3.63, 3.8) is 0 Å². The fraction of sp³-hybridized carbons (Fsp3) is 0.677. The lowest BCUT2D eigenvalue weighted by Gasteiger charge is -2.00. The molecule has 10 heteroatoms. The van der Waals surface area contributed by atoms with Crippen molar-refractivity contribution in [1.82, 2.24) is 0 Å². The van der Waals surface area contributed by atoms with Gasteiger partial charge in [-0.2, -0.15) is 15.3 Å². The Bertz CT molecular complexity index is 956. The van der Waals surface area contributed by atoms with Crippen LogP contribution in [0, 0.1) is 0 Å². The van der Waals surface area contributed by atoms with Crippen LogP contribution in [0.15, 0.2) is 72.8 Å². The van der Waals surface area contributed by atoms with Crippen LogP contribution in [0.3, 0.4) is 0 Å². The van der Waals surface area contributed by atoms with Crippen LogP contribution in [0.2, 0.25) is 0 Å². The zero-order valence-electron chi connectivity index (χ0n) is 29.5. The Labute approximate surface area is 254 Å². The van der Waals surface area contributed by atoms with Gasteiger partial charge in [-0.05, 0) is 95.6 Å². The Hall–Kier alpha value is -3.30. The van der Waals surface area contributed by atoms with Crippen LogP contribution in [0.4, 0.5) is 0 Å². The molecule has 10 nitrogen and oxygen atoms in total.